The van der Waals surface area contributed by atoms with Crippen molar-refractivity contribution in [3.63, 3.8) is 0 Å². The average molecular weight is 383 g/mol. The second-order valence-electron chi connectivity index (χ2n) is 9.55. The molecule has 0 atom stereocenters. The minimum Gasteiger partial charge on any atom is -0.201 e. The Bertz CT molecular complexity index is 1070. The van der Waals surface area contributed by atoms with Gasteiger partial charge in [0.15, 0.2) is 6.20 Å². The summed E-state index contributed by atoms with van der Waals surface area (Å²) in [5.74, 6) is 0. The summed E-state index contributed by atoms with van der Waals surface area (Å²) < 4.78 is 2.27. The molecule has 29 heavy (non-hydrogen) atoms. The highest BCUT2D eigenvalue weighted by atomic mass is 14.9. The molecule has 1 nitrogen and oxygen atoms in total. The maximum Gasteiger partial charge on any atom is 0.213 e. The molecular formula is C28H32N+. The molecule has 1 heteroatoms. The van der Waals surface area contributed by atoms with Crippen molar-refractivity contribution in [3.05, 3.63) is 77.0 Å². The van der Waals surface area contributed by atoms with E-state index in [0.717, 1.165) is 0 Å². The van der Waals surface area contributed by atoms with Crippen LogP contribution >= 0.6 is 0 Å². The Balaban J connectivity index is 1.55. The molecule has 0 bridgehead atoms. The molecule has 1 heterocycles. The van der Waals surface area contributed by atoms with Gasteiger partial charge in [0.1, 0.15) is 7.05 Å². The molecule has 0 aliphatic heterocycles. The van der Waals surface area contributed by atoms with E-state index in [9.17, 15) is 0 Å². The zero-order valence-corrected chi connectivity index (χ0v) is 18.1. The zero-order chi connectivity index (χ0) is 20.0. The molecule has 0 radical (unpaired) electrons. The van der Waals surface area contributed by atoms with E-state index in [1.165, 1.54) is 78.5 Å². The van der Waals surface area contributed by atoms with Gasteiger partial charge in [-0.3, -0.25) is 0 Å². The van der Waals surface area contributed by atoms with Crippen LogP contribution in [0.1, 0.15) is 54.4 Å². The van der Waals surface area contributed by atoms with Gasteiger partial charge in [-0.2, -0.15) is 0 Å². The molecule has 0 unspecified atom stereocenters. The van der Waals surface area contributed by atoms with Gasteiger partial charge in [0, 0.05) is 17.2 Å². The third-order valence-corrected chi connectivity index (χ3v) is 7.57. The lowest BCUT2D eigenvalue weighted by atomic mass is 9.70. The Morgan fingerprint density at radius 2 is 1.59 bits per heavy atom. The average Bonchev–Trinajstić information content (AvgIpc) is 3.16. The van der Waals surface area contributed by atoms with Crippen LogP contribution in [0.2, 0.25) is 0 Å². The van der Waals surface area contributed by atoms with Gasteiger partial charge in [-0.05, 0) is 85.3 Å². The van der Waals surface area contributed by atoms with Crippen LogP contribution in [0.4, 0.5) is 0 Å². The zero-order valence-electron chi connectivity index (χ0n) is 18.1. The van der Waals surface area contributed by atoms with E-state index < -0.39 is 0 Å². The van der Waals surface area contributed by atoms with E-state index in [-0.39, 0.29) is 0 Å². The number of aryl methyl sites for hydroxylation is 4. The van der Waals surface area contributed by atoms with Crippen molar-refractivity contribution in [1.29, 1.82) is 0 Å². The van der Waals surface area contributed by atoms with Gasteiger partial charge in [-0.1, -0.05) is 49.2 Å². The van der Waals surface area contributed by atoms with Crippen molar-refractivity contribution in [1.82, 2.24) is 0 Å². The molecular weight excluding hydrogens is 350 g/mol. The van der Waals surface area contributed by atoms with Gasteiger partial charge in [0.05, 0.1) is 0 Å². The van der Waals surface area contributed by atoms with Crippen molar-refractivity contribution in [3.8, 4) is 22.4 Å². The van der Waals surface area contributed by atoms with E-state index >= 15 is 0 Å². The fourth-order valence-electron chi connectivity index (χ4n) is 5.86. The molecule has 0 amide bonds. The van der Waals surface area contributed by atoms with Crippen LogP contribution in [0.5, 0.6) is 0 Å². The Morgan fingerprint density at radius 1 is 0.793 bits per heavy atom. The Labute approximate surface area is 175 Å². The van der Waals surface area contributed by atoms with Crippen LogP contribution in [-0.2, 0) is 19.9 Å². The van der Waals surface area contributed by atoms with Gasteiger partial charge in [-0.15, -0.1) is 0 Å². The molecule has 1 spiro atoms. The lowest BCUT2D eigenvalue weighted by Gasteiger charge is -2.35. The van der Waals surface area contributed by atoms with E-state index in [0.29, 0.717) is 5.41 Å². The molecule has 1 saturated carbocycles. The minimum atomic E-state index is 0.628. The fourth-order valence-corrected chi connectivity index (χ4v) is 5.86. The molecule has 3 aromatic rings. The first-order valence-electron chi connectivity index (χ1n) is 11.2. The predicted molar refractivity (Wildman–Crippen MR) is 121 cm³/mol. The van der Waals surface area contributed by atoms with Crippen LogP contribution < -0.4 is 4.57 Å². The maximum absolute atomic E-state index is 2.49. The first-order chi connectivity index (χ1) is 14.0. The normalized spacial score (nSPS) is 17.5. The van der Waals surface area contributed by atoms with Crippen molar-refractivity contribution in [2.75, 3.05) is 0 Å². The number of hydrogen-bond donors (Lipinski definition) is 0. The number of aromatic nitrogens is 1. The second kappa shape index (κ2) is 7.13. The first-order valence-corrected chi connectivity index (χ1v) is 11.2. The Kier molecular flexibility index (Phi) is 4.57. The van der Waals surface area contributed by atoms with Crippen molar-refractivity contribution in [2.45, 2.75) is 58.8 Å². The third-order valence-electron chi connectivity index (χ3n) is 7.57. The summed E-state index contributed by atoms with van der Waals surface area (Å²) in [7, 11) is 2.16. The smallest absolute Gasteiger partial charge is 0.201 e. The molecule has 0 saturated heterocycles. The summed E-state index contributed by atoms with van der Waals surface area (Å²) in [5, 5.41) is 0. The van der Waals surface area contributed by atoms with Gasteiger partial charge in [0.25, 0.3) is 0 Å². The summed E-state index contributed by atoms with van der Waals surface area (Å²) in [6.45, 7) is 4.44. The number of fused-ring (bicyclic) bond motifs is 1. The Hall–Kier alpha value is -2.41. The molecule has 2 aromatic carbocycles. The van der Waals surface area contributed by atoms with E-state index in [1.54, 1.807) is 11.1 Å². The van der Waals surface area contributed by atoms with Crippen LogP contribution in [0.25, 0.3) is 22.4 Å². The van der Waals surface area contributed by atoms with Gasteiger partial charge >= 0.3 is 0 Å². The molecule has 2 aliphatic carbocycles. The summed E-state index contributed by atoms with van der Waals surface area (Å²) in [5.41, 5.74) is 11.8. The van der Waals surface area contributed by atoms with Crippen molar-refractivity contribution in [2.24, 2.45) is 12.5 Å². The predicted octanol–water partition coefficient (Wildman–Crippen LogP) is 6.51. The SMILES string of the molecule is Cc1c[n+](C)c(-c2ccccc2C)cc1-c1ccc2c(c1)CCC1(CCCC1)C2. The minimum absolute atomic E-state index is 0.628. The van der Waals surface area contributed by atoms with E-state index in [4.69, 9.17) is 0 Å². The number of hydrogen-bond acceptors (Lipinski definition) is 0. The number of nitrogens with zero attached hydrogens (tertiary/aromatic N) is 1. The molecule has 2 aliphatic rings. The van der Waals surface area contributed by atoms with Gasteiger partial charge in [0.2, 0.25) is 5.69 Å². The van der Waals surface area contributed by atoms with E-state index in [2.05, 4.69) is 80.2 Å². The van der Waals surface area contributed by atoms with Crippen LogP contribution in [0.3, 0.4) is 0 Å². The molecule has 1 fully saturated rings. The highest BCUT2D eigenvalue weighted by molar-refractivity contribution is 5.73. The van der Waals surface area contributed by atoms with Crippen LogP contribution in [-0.4, -0.2) is 0 Å². The molecule has 5 rings (SSSR count). The highest BCUT2D eigenvalue weighted by Crippen LogP contribution is 2.48. The molecule has 1 aromatic heterocycles. The fraction of sp³-hybridized carbons (Fsp3) is 0.393. The van der Waals surface area contributed by atoms with Crippen LogP contribution in [0.15, 0.2) is 54.7 Å². The molecule has 148 valence electrons. The molecule has 0 N–H and O–H groups in total. The summed E-state index contributed by atoms with van der Waals surface area (Å²) in [6, 6.07) is 18.4. The first kappa shape index (κ1) is 18.6. The second-order valence-corrected chi connectivity index (χ2v) is 9.55. The number of rotatable bonds is 2. The highest BCUT2D eigenvalue weighted by Gasteiger charge is 2.36. The summed E-state index contributed by atoms with van der Waals surface area (Å²) in [4.78, 5) is 0. The summed E-state index contributed by atoms with van der Waals surface area (Å²) >= 11 is 0. The maximum atomic E-state index is 2.49. The van der Waals surface area contributed by atoms with Crippen molar-refractivity contribution < 1.29 is 4.57 Å². The quantitative estimate of drug-likeness (QED) is 0.445. The third kappa shape index (κ3) is 3.31. The van der Waals surface area contributed by atoms with E-state index in [1.807, 2.05) is 0 Å². The lowest BCUT2D eigenvalue weighted by molar-refractivity contribution is -0.660. The Morgan fingerprint density at radius 3 is 2.38 bits per heavy atom. The topological polar surface area (TPSA) is 3.88 Å². The number of benzene rings is 2. The van der Waals surface area contributed by atoms with Gasteiger partial charge < -0.3 is 0 Å². The van der Waals surface area contributed by atoms with Crippen LogP contribution in [0, 0.1) is 19.3 Å². The summed E-state index contributed by atoms with van der Waals surface area (Å²) in [6.07, 6.45) is 12.0. The number of pyridine rings is 1. The monoisotopic (exact) mass is 382 g/mol. The van der Waals surface area contributed by atoms with Crippen molar-refractivity contribution >= 4 is 0 Å². The largest absolute Gasteiger partial charge is 0.213 e. The van der Waals surface area contributed by atoms with Gasteiger partial charge in [-0.25, -0.2) is 4.57 Å². The standard InChI is InChI=1S/C28H32N/c1-20-8-4-5-9-25(20)27-17-26(21(2)19-29(27)3)23-10-11-24-18-28(13-6-7-14-28)15-12-22(24)16-23/h4-5,8-11,16-17,19H,6-7,12-15,18H2,1-3H3/q+1. The lowest BCUT2D eigenvalue weighted by Crippen LogP contribution is -2.31.